The number of rotatable bonds is 2. The highest BCUT2D eigenvalue weighted by atomic mass is 16.4. The molecular formula is C8H12O4. The van der Waals surface area contributed by atoms with Crippen molar-refractivity contribution in [2.24, 2.45) is 0 Å². The summed E-state index contributed by atoms with van der Waals surface area (Å²) >= 11 is 0. The first-order valence-electron chi connectivity index (χ1n) is 3.25. The fourth-order valence-electron chi connectivity index (χ4n) is 0.285. The van der Waals surface area contributed by atoms with E-state index < -0.39 is 11.9 Å². The maximum Gasteiger partial charge on any atom is 0.327 e. The van der Waals surface area contributed by atoms with Gasteiger partial charge in [0, 0.05) is 12.2 Å². The van der Waals surface area contributed by atoms with Gasteiger partial charge in [0.15, 0.2) is 0 Å². The molecule has 0 aromatic rings. The topological polar surface area (TPSA) is 74.6 Å². The Kier molecular flexibility index (Phi) is 10.2. The van der Waals surface area contributed by atoms with Crippen LogP contribution < -0.4 is 0 Å². The van der Waals surface area contributed by atoms with Crippen molar-refractivity contribution in [1.29, 1.82) is 0 Å². The molecule has 0 amide bonds. The van der Waals surface area contributed by atoms with E-state index in [-0.39, 0.29) is 0 Å². The van der Waals surface area contributed by atoms with Crippen molar-refractivity contribution in [1.82, 2.24) is 0 Å². The molecule has 0 aliphatic heterocycles. The molecule has 0 atom stereocenters. The second-order valence-electron chi connectivity index (χ2n) is 1.68. The van der Waals surface area contributed by atoms with Gasteiger partial charge in [-0.3, -0.25) is 0 Å². The van der Waals surface area contributed by atoms with Crippen LogP contribution in [0.2, 0.25) is 0 Å². The summed E-state index contributed by atoms with van der Waals surface area (Å²) in [6, 6.07) is 0. The maximum absolute atomic E-state index is 9.51. The lowest BCUT2D eigenvalue weighted by Crippen LogP contribution is -1.83. The average Bonchev–Trinajstić information content (AvgIpc) is 1.87. The highest BCUT2D eigenvalue weighted by Crippen LogP contribution is 1.65. The van der Waals surface area contributed by atoms with Crippen molar-refractivity contribution in [3.8, 4) is 0 Å². The third-order valence-corrected chi connectivity index (χ3v) is 0.618. The molecule has 0 fully saturated rings. The molecule has 0 aromatic carbocycles. The van der Waals surface area contributed by atoms with Crippen LogP contribution in [0.1, 0.15) is 13.8 Å². The Morgan fingerprint density at radius 3 is 1.17 bits per heavy atom. The summed E-state index contributed by atoms with van der Waals surface area (Å²) in [5.41, 5.74) is 0. The van der Waals surface area contributed by atoms with Crippen LogP contribution in [-0.4, -0.2) is 22.2 Å². The van der Waals surface area contributed by atoms with Crippen molar-refractivity contribution < 1.29 is 19.8 Å². The Labute approximate surface area is 70.8 Å². The zero-order valence-corrected chi connectivity index (χ0v) is 7.02. The van der Waals surface area contributed by atoms with Crippen LogP contribution in [0.4, 0.5) is 0 Å². The summed E-state index contributed by atoms with van der Waals surface area (Å²) in [7, 11) is 0. The van der Waals surface area contributed by atoms with Gasteiger partial charge in [0.25, 0.3) is 0 Å². The predicted molar refractivity (Wildman–Crippen MR) is 44.9 cm³/mol. The first-order chi connectivity index (χ1) is 5.54. The van der Waals surface area contributed by atoms with E-state index in [9.17, 15) is 9.59 Å². The highest BCUT2D eigenvalue weighted by molar-refractivity contribution is 5.79. The molecule has 68 valence electrons. The quantitative estimate of drug-likeness (QED) is 0.615. The van der Waals surface area contributed by atoms with Crippen LogP contribution >= 0.6 is 0 Å². The molecule has 0 saturated carbocycles. The first kappa shape index (κ1) is 13.0. The third kappa shape index (κ3) is 23.7. The Morgan fingerprint density at radius 1 is 0.917 bits per heavy atom. The van der Waals surface area contributed by atoms with Crippen molar-refractivity contribution in [2.45, 2.75) is 13.8 Å². The highest BCUT2D eigenvalue weighted by Gasteiger charge is 1.77. The fourth-order valence-corrected chi connectivity index (χ4v) is 0.285. The van der Waals surface area contributed by atoms with E-state index in [0.717, 1.165) is 12.2 Å². The van der Waals surface area contributed by atoms with Gasteiger partial charge in [-0.15, -0.1) is 0 Å². The van der Waals surface area contributed by atoms with Crippen molar-refractivity contribution in [3.05, 3.63) is 24.3 Å². The van der Waals surface area contributed by atoms with E-state index >= 15 is 0 Å². The summed E-state index contributed by atoms with van der Waals surface area (Å²) in [5.74, 6) is -1.78. The van der Waals surface area contributed by atoms with Gasteiger partial charge in [0.2, 0.25) is 0 Å². The molecule has 0 rings (SSSR count). The van der Waals surface area contributed by atoms with Gasteiger partial charge in [0.1, 0.15) is 0 Å². The van der Waals surface area contributed by atoms with Gasteiger partial charge in [-0.1, -0.05) is 12.2 Å². The van der Waals surface area contributed by atoms with E-state index in [2.05, 4.69) is 0 Å². The second kappa shape index (κ2) is 9.42. The minimum absolute atomic E-state index is 0.891. The first-order valence-corrected chi connectivity index (χ1v) is 3.25. The molecule has 12 heavy (non-hydrogen) atoms. The molecular weight excluding hydrogens is 160 g/mol. The standard InChI is InChI=1S/2C4H6O2/c2*1-2-3-4(5)6/h2*2-3H,1H3,(H,5,6)/b3-2+;3-2-. The van der Waals surface area contributed by atoms with Gasteiger partial charge in [-0.25, -0.2) is 9.59 Å². The van der Waals surface area contributed by atoms with E-state index in [1.165, 1.54) is 12.2 Å². The number of carboxylic acid groups (broad SMARTS) is 2. The molecule has 2 N–H and O–H groups in total. The molecule has 0 aliphatic carbocycles. The van der Waals surface area contributed by atoms with E-state index in [0.29, 0.717) is 0 Å². The number of carbonyl (C=O) groups is 2. The van der Waals surface area contributed by atoms with Crippen molar-refractivity contribution in [3.63, 3.8) is 0 Å². The summed E-state index contributed by atoms with van der Waals surface area (Å²) in [6.07, 6.45) is 5.12. The normalized spacial score (nSPS) is 9.50. The Hall–Kier alpha value is -1.58. The zero-order chi connectivity index (χ0) is 9.98. The van der Waals surface area contributed by atoms with Gasteiger partial charge in [-0.2, -0.15) is 0 Å². The molecule has 4 nitrogen and oxygen atoms in total. The Bertz CT molecular complexity index is 169. The molecule has 0 aliphatic rings. The van der Waals surface area contributed by atoms with Gasteiger partial charge in [-0.05, 0) is 13.8 Å². The minimum Gasteiger partial charge on any atom is -0.478 e. The number of hydrogen-bond donors (Lipinski definition) is 2. The summed E-state index contributed by atoms with van der Waals surface area (Å²) < 4.78 is 0. The van der Waals surface area contributed by atoms with Gasteiger partial charge in [0.05, 0.1) is 0 Å². The van der Waals surface area contributed by atoms with Crippen LogP contribution in [0.5, 0.6) is 0 Å². The number of aliphatic carboxylic acids is 2. The van der Waals surface area contributed by atoms with Gasteiger partial charge < -0.3 is 10.2 Å². The molecule has 0 bridgehead atoms. The van der Waals surface area contributed by atoms with Crippen molar-refractivity contribution >= 4 is 11.9 Å². The van der Waals surface area contributed by atoms with E-state index in [4.69, 9.17) is 10.2 Å². The Balaban J connectivity index is 0. The molecule has 4 heteroatoms. The second-order valence-corrected chi connectivity index (χ2v) is 1.68. The zero-order valence-electron chi connectivity index (χ0n) is 7.02. The van der Waals surface area contributed by atoms with E-state index in [1.807, 2.05) is 0 Å². The summed E-state index contributed by atoms with van der Waals surface area (Å²) in [5, 5.41) is 15.7. The SMILES string of the molecule is C/C=C/C(=O)O.C/C=C\C(=O)O. The summed E-state index contributed by atoms with van der Waals surface area (Å²) in [6.45, 7) is 3.32. The molecule has 0 spiro atoms. The van der Waals surface area contributed by atoms with Crippen LogP contribution in [-0.2, 0) is 9.59 Å². The van der Waals surface area contributed by atoms with Crippen LogP contribution in [0.25, 0.3) is 0 Å². The number of allylic oxidation sites excluding steroid dienone is 2. The van der Waals surface area contributed by atoms with Gasteiger partial charge >= 0.3 is 11.9 Å². The molecule has 0 radical (unpaired) electrons. The number of hydrogen-bond acceptors (Lipinski definition) is 2. The fraction of sp³-hybridized carbons (Fsp3) is 0.250. The minimum atomic E-state index is -0.891. The monoisotopic (exact) mass is 172 g/mol. The summed E-state index contributed by atoms with van der Waals surface area (Å²) in [4.78, 5) is 19.0. The maximum atomic E-state index is 9.51. The molecule has 0 saturated heterocycles. The van der Waals surface area contributed by atoms with Crippen LogP contribution in [0.3, 0.4) is 0 Å². The molecule has 0 aromatic heterocycles. The number of carboxylic acids is 2. The van der Waals surface area contributed by atoms with Crippen molar-refractivity contribution in [2.75, 3.05) is 0 Å². The van der Waals surface area contributed by atoms with Crippen LogP contribution in [0.15, 0.2) is 24.3 Å². The van der Waals surface area contributed by atoms with Crippen LogP contribution in [0, 0.1) is 0 Å². The lowest BCUT2D eigenvalue weighted by molar-refractivity contribution is -0.132. The lowest BCUT2D eigenvalue weighted by atomic mass is 10.5. The molecule has 0 heterocycles. The molecule has 0 unspecified atom stereocenters. The Morgan fingerprint density at radius 2 is 1.17 bits per heavy atom. The van der Waals surface area contributed by atoms with E-state index in [1.54, 1.807) is 13.8 Å². The lowest BCUT2D eigenvalue weighted by Gasteiger charge is -1.68. The third-order valence-electron chi connectivity index (χ3n) is 0.618. The predicted octanol–water partition coefficient (Wildman–Crippen LogP) is 1.29. The largest absolute Gasteiger partial charge is 0.478 e. The smallest absolute Gasteiger partial charge is 0.327 e. The average molecular weight is 172 g/mol.